The number of nitrogens with one attached hydrogen (secondary N) is 1. The van der Waals surface area contributed by atoms with Crippen molar-refractivity contribution in [1.82, 2.24) is 9.97 Å². The van der Waals surface area contributed by atoms with Crippen molar-refractivity contribution in [3.05, 3.63) is 82.8 Å². The number of hydrogen-bond donors (Lipinski definition) is 3. The summed E-state index contributed by atoms with van der Waals surface area (Å²) in [7, 11) is 0. The molecular weight excluding hydrogens is 310 g/mol. The summed E-state index contributed by atoms with van der Waals surface area (Å²) in [5, 5.41) is 9.80. The smallest absolute Gasteiger partial charge is 0.340 e. The maximum atomic E-state index is 10.0. The highest BCUT2D eigenvalue weighted by Gasteiger charge is 1.99. The number of aldehydes is 1. The summed E-state index contributed by atoms with van der Waals surface area (Å²) in [6, 6.07) is 16.2. The normalized spacial score (nSPS) is 8.83. The third-order valence-electron chi connectivity index (χ3n) is 2.55. The highest BCUT2D eigenvalue weighted by molar-refractivity contribution is 5.74. The summed E-state index contributed by atoms with van der Waals surface area (Å²) in [5.41, 5.74) is 13.0. The van der Waals surface area contributed by atoms with Crippen molar-refractivity contribution in [2.24, 2.45) is 0 Å². The second kappa shape index (κ2) is 10.1. The van der Waals surface area contributed by atoms with E-state index in [4.69, 9.17) is 11.5 Å². The molecule has 1 heterocycles. The zero-order valence-electron chi connectivity index (χ0n) is 12.7. The Balaban J connectivity index is 0.000000180. The van der Waals surface area contributed by atoms with E-state index in [0.717, 1.165) is 29.4 Å². The van der Waals surface area contributed by atoms with E-state index in [0.29, 0.717) is 0 Å². The summed E-state index contributed by atoms with van der Waals surface area (Å²) in [6.45, 7) is 0. The maximum Gasteiger partial charge on any atom is 0.340 e. The van der Waals surface area contributed by atoms with Gasteiger partial charge in [0.15, 0.2) is 6.33 Å². The van der Waals surface area contributed by atoms with Crippen LogP contribution in [0.2, 0.25) is 0 Å². The molecular formula is C16H17N5O3. The minimum atomic E-state index is -0.535. The number of hydrogen-bond acceptors (Lipinski definition) is 6. The van der Waals surface area contributed by atoms with Crippen molar-refractivity contribution in [1.29, 1.82) is 0 Å². The number of nitro groups is 1. The minimum absolute atomic E-state index is 0.0787. The molecule has 1 aromatic heterocycles. The van der Waals surface area contributed by atoms with Gasteiger partial charge < -0.3 is 21.6 Å². The number of anilines is 2. The molecule has 0 bridgehead atoms. The van der Waals surface area contributed by atoms with Gasteiger partial charge in [0.25, 0.3) is 0 Å². The van der Waals surface area contributed by atoms with Crippen LogP contribution in [0, 0.1) is 10.1 Å². The van der Waals surface area contributed by atoms with Gasteiger partial charge in [0.05, 0.1) is 0 Å². The first-order chi connectivity index (χ1) is 11.5. The predicted octanol–water partition coefficient (Wildman–Crippen LogP) is 2.67. The van der Waals surface area contributed by atoms with Crippen LogP contribution in [0.1, 0.15) is 10.4 Å². The molecule has 8 heteroatoms. The molecule has 0 spiro atoms. The van der Waals surface area contributed by atoms with Crippen molar-refractivity contribution in [3.63, 3.8) is 0 Å². The molecule has 8 nitrogen and oxygen atoms in total. The molecule has 0 saturated carbocycles. The number of nitrogens with two attached hydrogens (primary N) is 2. The second-order valence-electron chi connectivity index (χ2n) is 4.39. The van der Waals surface area contributed by atoms with E-state index in [-0.39, 0.29) is 5.82 Å². The van der Waals surface area contributed by atoms with E-state index in [1.807, 2.05) is 18.2 Å². The molecule has 3 aromatic rings. The number of nitrogen functional groups attached to an aromatic ring is 2. The van der Waals surface area contributed by atoms with Gasteiger partial charge in [-0.25, -0.2) is 9.97 Å². The van der Waals surface area contributed by atoms with Gasteiger partial charge >= 0.3 is 5.82 Å². The number of aromatic nitrogens is 2. The van der Waals surface area contributed by atoms with E-state index in [1.54, 1.807) is 36.4 Å². The zero-order valence-corrected chi connectivity index (χ0v) is 12.7. The number of imidazole rings is 1. The van der Waals surface area contributed by atoms with Gasteiger partial charge in [-0.3, -0.25) is 4.79 Å². The molecule has 124 valence electrons. The number of carbonyl (C=O) groups excluding carboxylic acids is 1. The predicted molar refractivity (Wildman–Crippen MR) is 92.3 cm³/mol. The lowest BCUT2D eigenvalue weighted by Gasteiger charge is -1.90. The Hall–Kier alpha value is -3.68. The van der Waals surface area contributed by atoms with Gasteiger partial charge in [-0.05, 0) is 29.2 Å². The van der Waals surface area contributed by atoms with Crippen molar-refractivity contribution >= 4 is 23.5 Å². The van der Waals surface area contributed by atoms with Crippen LogP contribution in [-0.4, -0.2) is 21.2 Å². The van der Waals surface area contributed by atoms with E-state index in [9.17, 15) is 14.9 Å². The van der Waals surface area contributed by atoms with Gasteiger partial charge in [0, 0.05) is 16.9 Å². The van der Waals surface area contributed by atoms with Crippen LogP contribution in [0.25, 0.3) is 0 Å². The van der Waals surface area contributed by atoms with Gasteiger partial charge in [0.2, 0.25) is 0 Å². The van der Waals surface area contributed by atoms with Crippen LogP contribution in [0.5, 0.6) is 0 Å². The van der Waals surface area contributed by atoms with Crippen LogP contribution in [0.15, 0.2) is 67.1 Å². The molecule has 0 saturated heterocycles. The summed E-state index contributed by atoms with van der Waals surface area (Å²) < 4.78 is 0. The van der Waals surface area contributed by atoms with Gasteiger partial charge in [-0.15, -0.1) is 0 Å². The number of benzene rings is 2. The Morgan fingerprint density at radius 3 is 1.83 bits per heavy atom. The number of nitrogens with zero attached hydrogens (tertiary/aromatic N) is 2. The fraction of sp³-hybridized carbons (Fsp3) is 0. The standard InChI is InChI=1S/C7H6O.C6H8N2.C3H3N3O2/c8-6-7-4-2-1-3-5-7;7-5-1-2-6(8)4-3-5;7-6(8)3-1-4-2-5-3/h1-6H;1-4H,7-8H2;1-2H,(H,4,5). The largest absolute Gasteiger partial charge is 0.399 e. The number of H-pyrrole nitrogens is 1. The Labute approximate surface area is 138 Å². The average Bonchev–Trinajstić information content (AvgIpc) is 3.14. The topological polar surface area (TPSA) is 141 Å². The summed E-state index contributed by atoms with van der Waals surface area (Å²) in [4.78, 5) is 25.0. The van der Waals surface area contributed by atoms with Crippen molar-refractivity contribution in [2.75, 3.05) is 11.5 Å². The Morgan fingerprint density at radius 1 is 1.00 bits per heavy atom. The minimum Gasteiger partial charge on any atom is -0.399 e. The lowest BCUT2D eigenvalue weighted by molar-refractivity contribution is -0.389. The third kappa shape index (κ3) is 7.36. The zero-order chi connectivity index (χ0) is 17.8. The number of aromatic amines is 1. The van der Waals surface area contributed by atoms with Gasteiger partial charge in [-0.2, -0.15) is 0 Å². The second-order valence-corrected chi connectivity index (χ2v) is 4.39. The average molecular weight is 327 g/mol. The van der Waals surface area contributed by atoms with Crippen LogP contribution in [0.4, 0.5) is 17.2 Å². The molecule has 0 radical (unpaired) electrons. The molecule has 0 unspecified atom stereocenters. The highest BCUT2D eigenvalue weighted by atomic mass is 16.6. The van der Waals surface area contributed by atoms with Gasteiger partial charge in [0.1, 0.15) is 12.5 Å². The van der Waals surface area contributed by atoms with E-state index >= 15 is 0 Å². The number of rotatable bonds is 2. The summed E-state index contributed by atoms with van der Waals surface area (Å²) >= 11 is 0. The Morgan fingerprint density at radius 2 is 1.54 bits per heavy atom. The van der Waals surface area contributed by atoms with Crippen molar-refractivity contribution in [3.8, 4) is 0 Å². The van der Waals surface area contributed by atoms with Crippen LogP contribution < -0.4 is 11.5 Å². The third-order valence-corrected chi connectivity index (χ3v) is 2.55. The maximum absolute atomic E-state index is 10.0. The molecule has 5 N–H and O–H groups in total. The molecule has 0 fully saturated rings. The SMILES string of the molecule is Nc1ccc(N)cc1.O=Cc1ccccc1.O=[N+]([O-])c1cnc[nH]1. The fourth-order valence-corrected chi connectivity index (χ4v) is 1.38. The first-order valence-electron chi connectivity index (χ1n) is 6.77. The quantitative estimate of drug-likeness (QED) is 0.286. The van der Waals surface area contributed by atoms with Crippen LogP contribution in [0.3, 0.4) is 0 Å². The first-order valence-corrected chi connectivity index (χ1v) is 6.77. The van der Waals surface area contributed by atoms with E-state index in [1.165, 1.54) is 6.33 Å². The lowest BCUT2D eigenvalue weighted by Crippen LogP contribution is -1.86. The van der Waals surface area contributed by atoms with E-state index < -0.39 is 4.92 Å². The molecule has 0 aliphatic carbocycles. The first kappa shape index (κ1) is 18.4. The molecule has 24 heavy (non-hydrogen) atoms. The Bertz CT molecular complexity index is 707. The summed E-state index contributed by atoms with van der Waals surface area (Å²) in [6.07, 6.45) is 3.25. The molecule has 0 atom stereocenters. The monoisotopic (exact) mass is 327 g/mol. The lowest BCUT2D eigenvalue weighted by atomic mass is 10.2. The fourth-order valence-electron chi connectivity index (χ4n) is 1.38. The molecule has 0 aliphatic heterocycles. The van der Waals surface area contributed by atoms with Crippen LogP contribution in [-0.2, 0) is 0 Å². The van der Waals surface area contributed by atoms with E-state index in [2.05, 4.69) is 9.97 Å². The molecule has 2 aromatic carbocycles. The molecule has 0 aliphatic rings. The Kier molecular flexibility index (Phi) is 7.74. The highest BCUT2D eigenvalue weighted by Crippen LogP contribution is 2.05. The molecule has 0 amide bonds. The van der Waals surface area contributed by atoms with Crippen molar-refractivity contribution < 1.29 is 9.72 Å². The van der Waals surface area contributed by atoms with Crippen molar-refractivity contribution in [2.45, 2.75) is 0 Å². The number of carbonyl (C=O) groups is 1. The van der Waals surface area contributed by atoms with Crippen LogP contribution >= 0.6 is 0 Å². The van der Waals surface area contributed by atoms with Gasteiger partial charge in [-0.1, -0.05) is 30.3 Å². The molecule has 3 rings (SSSR count). The summed E-state index contributed by atoms with van der Waals surface area (Å²) in [5.74, 6) is -0.0787.